The molecule has 0 spiro atoms. The summed E-state index contributed by atoms with van der Waals surface area (Å²) in [5.41, 5.74) is 0.956. The van der Waals surface area contributed by atoms with Crippen molar-refractivity contribution in [1.29, 1.82) is 0 Å². The molecule has 1 unspecified atom stereocenters. The van der Waals surface area contributed by atoms with Crippen LogP contribution in [0.15, 0.2) is 48.3 Å². The molecule has 164 valence electrons. The van der Waals surface area contributed by atoms with E-state index in [1.54, 1.807) is 36.7 Å². The van der Waals surface area contributed by atoms with Crippen molar-refractivity contribution in [3.63, 3.8) is 0 Å². The number of nitrogens with zero attached hydrogens (tertiary/aromatic N) is 2. The zero-order valence-corrected chi connectivity index (χ0v) is 18.4. The molecule has 1 N–H and O–H groups in total. The third-order valence-electron chi connectivity index (χ3n) is 4.96. The molecular weight excluding hydrogens is 420 g/mol. The summed E-state index contributed by atoms with van der Waals surface area (Å²) in [4.78, 5) is 31.4. The minimum atomic E-state index is -0.756. The largest absolute Gasteiger partial charge is 0.507 e. The molecule has 0 bridgehead atoms. The SMILES string of the molecule is COc1ccc(/C(O)=C2/C(=O)C(=O)N(CCCOC(C)C)C2c2cccnc2)cc1Cl. The summed E-state index contributed by atoms with van der Waals surface area (Å²) in [5, 5.41) is 11.3. The first-order valence-electron chi connectivity index (χ1n) is 9.99. The molecular formula is C23H25ClN2O5. The highest BCUT2D eigenvalue weighted by Crippen LogP contribution is 2.40. The van der Waals surface area contributed by atoms with E-state index in [4.69, 9.17) is 21.1 Å². The number of amides is 1. The van der Waals surface area contributed by atoms with Crippen LogP contribution >= 0.6 is 11.6 Å². The number of ether oxygens (including phenoxy) is 2. The molecule has 7 nitrogen and oxygen atoms in total. The van der Waals surface area contributed by atoms with Crippen LogP contribution < -0.4 is 4.74 Å². The Morgan fingerprint density at radius 2 is 2.06 bits per heavy atom. The smallest absolute Gasteiger partial charge is 0.295 e. The predicted molar refractivity (Wildman–Crippen MR) is 117 cm³/mol. The highest BCUT2D eigenvalue weighted by Gasteiger charge is 2.45. The Hall–Kier alpha value is -2.90. The lowest BCUT2D eigenvalue weighted by molar-refractivity contribution is -0.140. The highest BCUT2D eigenvalue weighted by molar-refractivity contribution is 6.46. The van der Waals surface area contributed by atoms with Gasteiger partial charge in [0.2, 0.25) is 0 Å². The summed E-state index contributed by atoms with van der Waals surface area (Å²) < 4.78 is 10.7. The van der Waals surface area contributed by atoms with Crippen molar-refractivity contribution in [2.24, 2.45) is 0 Å². The van der Waals surface area contributed by atoms with Crippen LogP contribution in [0.2, 0.25) is 5.02 Å². The van der Waals surface area contributed by atoms with E-state index in [2.05, 4.69) is 4.98 Å². The molecule has 1 aromatic carbocycles. The highest BCUT2D eigenvalue weighted by atomic mass is 35.5. The quantitative estimate of drug-likeness (QED) is 0.287. The standard InChI is InChI=1S/C23H25ClN2O5/c1-14(2)31-11-5-10-26-20(16-6-4-9-25-13-16)19(22(28)23(26)29)21(27)15-7-8-18(30-3)17(24)12-15/h4,6-9,12-14,20,27H,5,10-11H2,1-3H3/b21-19-. The molecule has 1 aliphatic rings. The summed E-state index contributed by atoms with van der Waals surface area (Å²) in [6.07, 6.45) is 3.82. The third kappa shape index (κ3) is 4.89. The number of ketones is 1. The predicted octanol–water partition coefficient (Wildman–Crippen LogP) is 3.98. The van der Waals surface area contributed by atoms with E-state index in [-0.39, 0.29) is 22.5 Å². The summed E-state index contributed by atoms with van der Waals surface area (Å²) >= 11 is 6.19. The maximum absolute atomic E-state index is 12.9. The van der Waals surface area contributed by atoms with Gasteiger partial charge in [0.1, 0.15) is 11.5 Å². The second-order valence-electron chi connectivity index (χ2n) is 7.40. The number of benzene rings is 1. The van der Waals surface area contributed by atoms with Crippen LogP contribution in [0.3, 0.4) is 0 Å². The molecule has 3 rings (SSSR count). The number of aliphatic hydroxyl groups excluding tert-OH is 1. The number of methoxy groups -OCH3 is 1. The molecule has 0 radical (unpaired) electrons. The Balaban J connectivity index is 2.02. The van der Waals surface area contributed by atoms with Crippen molar-refractivity contribution in [3.05, 3.63) is 64.4 Å². The molecule has 0 saturated carbocycles. The van der Waals surface area contributed by atoms with Crippen LogP contribution in [0, 0.1) is 0 Å². The van der Waals surface area contributed by atoms with E-state index in [9.17, 15) is 14.7 Å². The molecule has 1 saturated heterocycles. The molecule has 1 aromatic heterocycles. The maximum Gasteiger partial charge on any atom is 0.295 e. The number of aliphatic hydroxyl groups is 1. The van der Waals surface area contributed by atoms with Gasteiger partial charge in [-0.3, -0.25) is 14.6 Å². The number of carbonyl (C=O) groups excluding carboxylic acids is 2. The van der Waals surface area contributed by atoms with Crippen LogP contribution in [-0.2, 0) is 14.3 Å². The fourth-order valence-electron chi connectivity index (χ4n) is 3.52. The van der Waals surface area contributed by atoms with Gasteiger partial charge in [0.25, 0.3) is 11.7 Å². The number of halogens is 1. The second-order valence-corrected chi connectivity index (χ2v) is 7.81. The number of hydrogen-bond acceptors (Lipinski definition) is 6. The van der Waals surface area contributed by atoms with E-state index >= 15 is 0 Å². The van der Waals surface area contributed by atoms with Crippen molar-refractivity contribution in [2.45, 2.75) is 32.4 Å². The number of pyridine rings is 1. The number of hydrogen-bond donors (Lipinski definition) is 1. The molecule has 2 heterocycles. The summed E-state index contributed by atoms with van der Waals surface area (Å²) in [5.74, 6) is -1.27. The van der Waals surface area contributed by atoms with Crippen LogP contribution in [0.4, 0.5) is 0 Å². The Labute approximate surface area is 186 Å². The lowest BCUT2D eigenvalue weighted by Gasteiger charge is -2.25. The van der Waals surface area contributed by atoms with Crippen molar-refractivity contribution in [3.8, 4) is 5.75 Å². The molecule has 2 aromatic rings. The maximum atomic E-state index is 12.9. The van der Waals surface area contributed by atoms with Gasteiger partial charge >= 0.3 is 0 Å². The Morgan fingerprint density at radius 1 is 1.29 bits per heavy atom. The van der Waals surface area contributed by atoms with Gasteiger partial charge in [-0.05, 0) is 50.1 Å². The van der Waals surface area contributed by atoms with Gasteiger partial charge in [0, 0.05) is 31.1 Å². The van der Waals surface area contributed by atoms with E-state index in [0.717, 1.165) is 0 Å². The number of carbonyl (C=O) groups is 2. The number of likely N-dealkylation sites (tertiary alicyclic amines) is 1. The monoisotopic (exact) mass is 444 g/mol. The van der Waals surface area contributed by atoms with Gasteiger partial charge in [0.05, 0.1) is 29.9 Å². The molecule has 1 amide bonds. The normalized spacial score (nSPS) is 18.1. The van der Waals surface area contributed by atoms with Gasteiger partial charge in [-0.15, -0.1) is 0 Å². The van der Waals surface area contributed by atoms with Crippen molar-refractivity contribution in [2.75, 3.05) is 20.3 Å². The minimum Gasteiger partial charge on any atom is -0.507 e. The first kappa shape index (κ1) is 22.8. The second kappa shape index (κ2) is 9.94. The molecule has 8 heteroatoms. The van der Waals surface area contributed by atoms with E-state index in [0.29, 0.717) is 36.4 Å². The molecule has 31 heavy (non-hydrogen) atoms. The minimum absolute atomic E-state index is 0.00371. The van der Waals surface area contributed by atoms with Gasteiger partial charge < -0.3 is 19.5 Å². The zero-order valence-electron chi connectivity index (χ0n) is 17.7. The van der Waals surface area contributed by atoms with Crippen molar-refractivity contribution >= 4 is 29.1 Å². The molecule has 1 fully saturated rings. The average molecular weight is 445 g/mol. The van der Waals surface area contributed by atoms with E-state index < -0.39 is 17.7 Å². The van der Waals surface area contributed by atoms with E-state index in [1.807, 2.05) is 13.8 Å². The van der Waals surface area contributed by atoms with Crippen LogP contribution in [-0.4, -0.2) is 53.0 Å². The fraction of sp³-hybridized carbons (Fsp3) is 0.348. The first-order valence-corrected chi connectivity index (χ1v) is 10.4. The summed E-state index contributed by atoms with van der Waals surface area (Å²) in [7, 11) is 1.48. The third-order valence-corrected chi connectivity index (χ3v) is 5.26. The van der Waals surface area contributed by atoms with Crippen molar-refractivity contribution < 1.29 is 24.2 Å². The van der Waals surface area contributed by atoms with Crippen LogP contribution in [0.5, 0.6) is 5.75 Å². The Kier molecular flexibility index (Phi) is 7.30. The van der Waals surface area contributed by atoms with Crippen molar-refractivity contribution in [1.82, 2.24) is 9.88 Å². The van der Waals surface area contributed by atoms with Gasteiger partial charge in [-0.25, -0.2) is 0 Å². The van der Waals surface area contributed by atoms with E-state index in [1.165, 1.54) is 18.1 Å². The molecule has 0 aliphatic carbocycles. The average Bonchev–Trinajstić information content (AvgIpc) is 3.01. The van der Waals surface area contributed by atoms with Crippen LogP contribution in [0.1, 0.15) is 37.4 Å². The molecule has 1 aliphatic heterocycles. The summed E-state index contributed by atoms with van der Waals surface area (Å²) in [6.45, 7) is 4.62. The fourth-order valence-corrected chi connectivity index (χ4v) is 3.78. The zero-order chi connectivity index (χ0) is 22.5. The van der Waals surface area contributed by atoms with Gasteiger partial charge in [-0.1, -0.05) is 17.7 Å². The number of Topliss-reactive ketones (excluding diaryl/α,β-unsaturated/α-hetero) is 1. The Bertz CT molecular complexity index is 991. The first-order chi connectivity index (χ1) is 14.8. The topological polar surface area (TPSA) is 89.0 Å². The molecule has 1 atom stereocenters. The lowest BCUT2D eigenvalue weighted by atomic mass is 9.96. The van der Waals surface area contributed by atoms with Gasteiger partial charge in [0.15, 0.2) is 0 Å². The lowest BCUT2D eigenvalue weighted by Crippen LogP contribution is -2.31. The Morgan fingerprint density at radius 3 is 2.68 bits per heavy atom. The number of rotatable bonds is 8. The van der Waals surface area contributed by atoms with Gasteiger partial charge in [-0.2, -0.15) is 0 Å². The number of aromatic nitrogens is 1. The van der Waals surface area contributed by atoms with Crippen LogP contribution in [0.25, 0.3) is 5.76 Å². The summed E-state index contributed by atoms with van der Waals surface area (Å²) in [6, 6.07) is 7.42.